The standard InChI is InChI=1S/C22H23N5O2S/c1-5-28-19-11-9-18(10-12-19)27-20(17-8-6-7-14(2)13-17)24-26-22(27)30-15(3)21-25-23-16(4)29-21/h6-13,15H,5H2,1-4H3. The molecule has 0 fully saturated rings. The van der Waals surface area contributed by atoms with Crippen LogP contribution in [0.4, 0.5) is 0 Å². The van der Waals surface area contributed by atoms with Gasteiger partial charge in [0.05, 0.1) is 11.9 Å². The average molecular weight is 422 g/mol. The third kappa shape index (κ3) is 4.23. The first-order valence-corrected chi connectivity index (χ1v) is 10.7. The highest BCUT2D eigenvalue weighted by molar-refractivity contribution is 7.99. The highest BCUT2D eigenvalue weighted by Crippen LogP contribution is 2.36. The van der Waals surface area contributed by atoms with Gasteiger partial charge in [0.25, 0.3) is 0 Å². The Morgan fingerprint density at radius 1 is 1.03 bits per heavy atom. The van der Waals surface area contributed by atoms with E-state index in [9.17, 15) is 0 Å². The van der Waals surface area contributed by atoms with Gasteiger partial charge in [-0.05, 0) is 51.1 Å². The first kappa shape index (κ1) is 20.2. The number of hydrogen-bond acceptors (Lipinski definition) is 7. The maximum Gasteiger partial charge on any atom is 0.229 e. The molecule has 2 aromatic carbocycles. The predicted molar refractivity (Wildman–Crippen MR) is 116 cm³/mol. The van der Waals surface area contributed by atoms with Gasteiger partial charge in [0.2, 0.25) is 11.8 Å². The second-order valence-corrected chi connectivity index (χ2v) is 8.17. The Hall–Kier alpha value is -3.13. The van der Waals surface area contributed by atoms with Crippen LogP contribution < -0.4 is 4.74 Å². The first-order valence-electron chi connectivity index (χ1n) is 9.77. The molecular formula is C22H23N5O2S. The molecule has 0 aliphatic heterocycles. The smallest absolute Gasteiger partial charge is 0.229 e. The highest BCUT2D eigenvalue weighted by atomic mass is 32.2. The fourth-order valence-electron chi connectivity index (χ4n) is 3.09. The molecule has 30 heavy (non-hydrogen) atoms. The van der Waals surface area contributed by atoms with E-state index in [1.807, 2.05) is 50.2 Å². The highest BCUT2D eigenvalue weighted by Gasteiger charge is 2.22. The average Bonchev–Trinajstić information content (AvgIpc) is 3.35. The molecule has 1 atom stereocenters. The van der Waals surface area contributed by atoms with Gasteiger partial charge in [-0.1, -0.05) is 35.5 Å². The molecule has 4 rings (SSSR count). The molecule has 8 heteroatoms. The van der Waals surface area contributed by atoms with Crippen molar-refractivity contribution in [2.75, 3.05) is 6.61 Å². The van der Waals surface area contributed by atoms with Crippen LogP contribution in [0.15, 0.2) is 58.1 Å². The fraction of sp³-hybridized carbons (Fsp3) is 0.273. The summed E-state index contributed by atoms with van der Waals surface area (Å²) in [7, 11) is 0. The van der Waals surface area contributed by atoms with Gasteiger partial charge in [0.15, 0.2) is 11.0 Å². The van der Waals surface area contributed by atoms with Gasteiger partial charge in [0, 0.05) is 18.2 Å². The van der Waals surface area contributed by atoms with Crippen molar-refractivity contribution in [3.8, 4) is 22.8 Å². The second kappa shape index (κ2) is 8.71. The molecule has 2 heterocycles. The van der Waals surface area contributed by atoms with Crippen LogP contribution in [-0.4, -0.2) is 31.6 Å². The van der Waals surface area contributed by atoms with Crippen molar-refractivity contribution in [3.05, 3.63) is 65.9 Å². The zero-order chi connectivity index (χ0) is 21.1. The van der Waals surface area contributed by atoms with Crippen LogP contribution in [0, 0.1) is 13.8 Å². The summed E-state index contributed by atoms with van der Waals surface area (Å²) in [6.07, 6.45) is 0. The van der Waals surface area contributed by atoms with Gasteiger partial charge in [-0.25, -0.2) is 0 Å². The number of ether oxygens (including phenoxy) is 1. The Kier molecular flexibility index (Phi) is 5.85. The summed E-state index contributed by atoms with van der Waals surface area (Å²) in [5.41, 5.74) is 3.12. The summed E-state index contributed by atoms with van der Waals surface area (Å²) in [4.78, 5) is 0. The zero-order valence-corrected chi connectivity index (χ0v) is 18.2. The summed E-state index contributed by atoms with van der Waals surface area (Å²) >= 11 is 1.53. The summed E-state index contributed by atoms with van der Waals surface area (Å²) in [5.74, 6) is 2.72. The van der Waals surface area contributed by atoms with Crippen molar-refractivity contribution in [1.82, 2.24) is 25.0 Å². The molecule has 0 N–H and O–H groups in total. The Balaban J connectivity index is 1.76. The van der Waals surface area contributed by atoms with Crippen LogP contribution in [0.5, 0.6) is 5.75 Å². The molecule has 0 bridgehead atoms. The van der Waals surface area contributed by atoms with E-state index in [-0.39, 0.29) is 5.25 Å². The van der Waals surface area contributed by atoms with Crippen LogP contribution in [-0.2, 0) is 0 Å². The molecule has 0 spiro atoms. The van der Waals surface area contributed by atoms with Crippen LogP contribution in [0.1, 0.15) is 36.4 Å². The van der Waals surface area contributed by atoms with E-state index in [1.165, 1.54) is 11.8 Å². The first-order chi connectivity index (χ1) is 14.5. The quantitative estimate of drug-likeness (QED) is 0.380. The fourth-order valence-corrected chi connectivity index (χ4v) is 3.99. The minimum atomic E-state index is -0.0674. The van der Waals surface area contributed by atoms with Crippen LogP contribution in [0.25, 0.3) is 17.1 Å². The largest absolute Gasteiger partial charge is 0.494 e. The van der Waals surface area contributed by atoms with Crippen molar-refractivity contribution in [1.29, 1.82) is 0 Å². The Labute approximate surface area is 179 Å². The van der Waals surface area contributed by atoms with Gasteiger partial charge in [0.1, 0.15) is 5.75 Å². The molecule has 0 radical (unpaired) electrons. The lowest BCUT2D eigenvalue weighted by Crippen LogP contribution is -2.01. The molecular weight excluding hydrogens is 398 g/mol. The van der Waals surface area contributed by atoms with Crippen LogP contribution in [0.2, 0.25) is 0 Å². The van der Waals surface area contributed by atoms with Gasteiger partial charge in [-0.2, -0.15) is 0 Å². The number of benzene rings is 2. The van der Waals surface area contributed by atoms with E-state index < -0.39 is 0 Å². The zero-order valence-electron chi connectivity index (χ0n) is 17.4. The molecule has 0 saturated heterocycles. The molecule has 2 aromatic heterocycles. The third-order valence-corrected chi connectivity index (χ3v) is 5.52. The summed E-state index contributed by atoms with van der Waals surface area (Å²) in [5, 5.41) is 17.7. The summed E-state index contributed by atoms with van der Waals surface area (Å²) < 4.78 is 13.2. The van der Waals surface area contributed by atoms with E-state index in [0.717, 1.165) is 33.5 Å². The van der Waals surface area contributed by atoms with Crippen molar-refractivity contribution >= 4 is 11.8 Å². The Morgan fingerprint density at radius 3 is 2.50 bits per heavy atom. The maximum atomic E-state index is 5.60. The maximum absolute atomic E-state index is 5.60. The number of hydrogen-bond donors (Lipinski definition) is 0. The molecule has 0 saturated carbocycles. The van der Waals surface area contributed by atoms with Gasteiger partial charge >= 0.3 is 0 Å². The normalized spacial score (nSPS) is 12.1. The Morgan fingerprint density at radius 2 is 1.83 bits per heavy atom. The van der Waals surface area contributed by atoms with Crippen molar-refractivity contribution in [2.24, 2.45) is 0 Å². The SMILES string of the molecule is CCOc1ccc(-n2c(SC(C)c3nnc(C)o3)nnc2-c2cccc(C)c2)cc1. The monoisotopic (exact) mass is 421 g/mol. The molecule has 1 unspecified atom stereocenters. The minimum Gasteiger partial charge on any atom is -0.494 e. The van der Waals surface area contributed by atoms with Gasteiger partial charge in [-0.3, -0.25) is 4.57 Å². The van der Waals surface area contributed by atoms with Crippen molar-refractivity contribution in [2.45, 2.75) is 38.1 Å². The molecule has 0 aliphatic rings. The van der Waals surface area contributed by atoms with Gasteiger partial charge in [-0.15, -0.1) is 20.4 Å². The van der Waals surface area contributed by atoms with Crippen molar-refractivity contribution < 1.29 is 9.15 Å². The van der Waals surface area contributed by atoms with E-state index >= 15 is 0 Å². The molecule has 154 valence electrons. The number of aryl methyl sites for hydroxylation is 2. The number of thioether (sulfide) groups is 1. The molecule has 4 aromatic rings. The number of nitrogens with zero attached hydrogens (tertiary/aromatic N) is 5. The topological polar surface area (TPSA) is 78.9 Å². The Bertz CT molecular complexity index is 1140. The molecule has 7 nitrogen and oxygen atoms in total. The lowest BCUT2D eigenvalue weighted by atomic mass is 10.1. The third-order valence-electron chi connectivity index (χ3n) is 4.49. The minimum absolute atomic E-state index is 0.0674. The number of rotatable bonds is 7. The van der Waals surface area contributed by atoms with Gasteiger partial charge < -0.3 is 9.15 Å². The van der Waals surface area contributed by atoms with Crippen LogP contribution in [0.3, 0.4) is 0 Å². The predicted octanol–water partition coefficient (Wildman–Crippen LogP) is 5.19. The number of aromatic nitrogens is 5. The lowest BCUT2D eigenvalue weighted by molar-refractivity contribution is 0.340. The molecule has 0 amide bonds. The van der Waals surface area contributed by atoms with E-state index in [0.29, 0.717) is 18.4 Å². The summed E-state index contributed by atoms with van der Waals surface area (Å²) in [6, 6.07) is 16.2. The van der Waals surface area contributed by atoms with E-state index in [1.54, 1.807) is 6.92 Å². The van der Waals surface area contributed by atoms with E-state index in [2.05, 4.69) is 44.0 Å². The molecule has 0 aliphatic carbocycles. The van der Waals surface area contributed by atoms with E-state index in [4.69, 9.17) is 9.15 Å². The second-order valence-electron chi connectivity index (χ2n) is 6.86. The lowest BCUT2D eigenvalue weighted by Gasteiger charge is -2.13. The summed E-state index contributed by atoms with van der Waals surface area (Å²) in [6.45, 7) is 8.46. The van der Waals surface area contributed by atoms with Crippen LogP contribution >= 0.6 is 11.8 Å². The van der Waals surface area contributed by atoms with Crippen molar-refractivity contribution in [3.63, 3.8) is 0 Å².